The van der Waals surface area contributed by atoms with Crippen molar-refractivity contribution in [3.8, 4) is 17.2 Å². The molecule has 0 fully saturated rings. The number of methoxy groups -OCH3 is 1. The first-order valence-electron chi connectivity index (χ1n) is 9.30. The maximum atomic E-state index is 12.4. The average Bonchev–Trinajstić information content (AvgIpc) is 2.69. The van der Waals surface area contributed by atoms with Crippen LogP contribution >= 0.6 is 0 Å². The highest BCUT2D eigenvalue weighted by Crippen LogP contribution is 2.31. The number of carbonyl (C=O) groups excluding carboxylic acids is 1. The minimum Gasteiger partial charge on any atom is -0.497 e. The van der Waals surface area contributed by atoms with Crippen LogP contribution in [0.15, 0.2) is 66.7 Å². The van der Waals surface area contributed by atoms with Gasteiger partial charge in [-0.1, -0.05) is 26.0 Å². The summed E-state index contributed by atoms with van der Waals surface area (Å²) in [5.41, 5.74) is 3.59. The summed E-state index contributed by atoms with van der Waals surface area (Å²) < 4.78 is 11.2. The number of aryl methyl sites for hydroxylation is 1. The van der Waals surface area contributed by atoms with Crippen LogP contribution in [0.3, 0.4) is 0 Å². The summed E-state index contributed by atoms with van der Waals surface area (Å²) in [7, 11) is 1.61. The molecule has 1 amide bonds. The number of nitrogens with one attached hydrogen (secondary N) is 1. The predicted molar refractivity (Wildman–Crippen MR) is 113 cm³/mol. The van der Waals surface area contributed by atoms with Gasteiger partial charge in [0.05, 0.1) is 7.11 Å². The van der Waals surface area contributed by atoms with E-state index in [1.807, 2.05) is 25.1 Å². The van der Waals surface area contributed by atoms with Crippen molar-refractivity contribution in [3.63, 3.8) is 0 Å². The van der Waals surface area contributed by atoms with Gasteiger partial charge in [0, 0.05) is 11.3 Å². The van der Waals surface area contributed by atoms with Crippen molar-refractivity contribution in [2.75, 3.05) is 12.4 Å². The van der Waals surface area contributed by atoms with E-state index in [0.717, 1.165) is 22.6 Å². The number of hydrogen-bond acceptors (Lipinski definition) is 3. The Kier molecular flexibility index (Phi) is 5.99. The van der Waals surface area contributed by atoms with Gasteiger partial charge in [0.2, 0.25) is 0 Å². The predicted octanol–water partition coefficient (Wildman–Crippen LogP) is 6.17. The van der Waals surface area contributed by atoms with E-state index in [-0.39, 0.29) is 5.91 Å². The minimum atomic E-state index is -0.171. The Hall–Kier alpha value is -3.27. The van der Waals surface area contributed by atoms with Crippen LogP contribution in [0.25, 0.3) is 0 Å². The van der Waals surface area contributed by atoms with E-state index in [1.165, 1.54) is 0 Å². The third kappa shape index (κ3) is 4.71. The molecule has 4 nitrogen and oxygen atoms in total. The van der Waals surface area contributed by atoms with Crippen LogP contribution in [0.1, 0.15) is 41.3 Å². The zero-order chi connectivity index (χ0) is 20.1. The summed E-state index contributed by atoms with van der Waals surface area (Å²) >= 11 is 0. The van der Waals surface area contributed by atoms with E-state index >= 15 is 0 Å². The number of rotatable bonds is 6. The largest absolute Gasteiger partial charge is 0.497 e. The van der Waals surface area contributed by atoms with Crippen molar-refractivity contribution in [3.05, 3.63) is 83.4 Å². The van der Waals surface area contributed by atoms with Crippen molar-refractivity contribution in [1.29, 1.82) is 0 Å². The van der Waals surface area contributed by atoms with Gasteiger partial charge in [-0.15, -0.1) is 0 Å². The molecule has 0 saturated heterocycles. The number of ether oxygens (including phenoxy) is 2. The maximum Gasteiger partial charge on any atom is 0.255 e. The first kappa shape index (κ1) is 19.5. The zero-order valence-corrected chi connectivity index (χ0v) is 16.7. The third-order valence-electron chi connectivity index (χ3n) is 4.48. The van der Waals surface area contributed by atoms with Gasteiger partial charge < -0.3 is 14.8 Å². The summed E-state index contributed by atoms with van der Waals surface area (Å²) in [4.78, 5) is 12.4. The van der Waals surface area contributed by atoms with E-state index in [1.54, 1.807) is 43.5 Å². The fourth-order valence-electron chi connectivity index (χ4n) is 2.89. The summed E-state index contributed by atoms with van der Waals surface area (Å²) in [5, 5.41) is 2.87. The van der Waals surface area contributed by atoms with Gasteiger partial charge in [-0.2, -0.15) is 0 Å². The topological polar surface area (TPSA) is 47.6 Å². The molecular weight excluding hydrogens is 350 g/mol. The van der Waals surface area contributed by atoms with Gasteiger partial charge in [0.25, 0.3) is 5.91 Å². The van der Waals surface area contributed by atoms with Crippen LogP contribution in [0.2, 0.25) is 0 Å². The van der Waals surface area contributed by atoms with Gasteiger partial charge in [-0.25, -0.2) is 0 Å². The van der Waals surface area contributed by atoms with E-state index in [4.69, 9.17) is 9.47 Å². The molecule has 0 atom stereocenters. The van der Waals surface area contributed by atoms with Crippen molar-refractivity contribution in [2.45, 2.75) is 26.7 Å². The van der Waals surface area contributed by atoms with Gasteiger partial charge in [-0.3, -0.25) is 4.79 Å². The van der Waals surface area contributed by atoms with E-state index in [2.05, 4.69) is 31.3 Å². The molecule has 1 N–H and O–H groups in total. The Morgan fingerprint density at radius 1 is 0.893 bits per heavy atom. The molecule has 0 aliphatic rings. The molecule has 144 valence electrons. The molecule has 3 rings (SSSR count). The summed E-state index contributed by atoms with van der Waals surface area (Å²) in [6, 6.07) is 20.6. The highest BCUT2D eigenvalue weighted by molar-refractivity contribution is 6.04. The normalized spacial score (nSPS) is 10.6. The lowest BCUT2D eigenvalue weighted by atomic mass is 10.0. The number of hydrogen-bond donors (Lipinski definition) is 1. The number of anilines is 1. The van der Waals surface area contributed by atoms with Crippen molar-refractivity contribution >= 4 is 11.6 Å². The SMILES string of the molecule is COc1ccc(NC(=O)c2ccc(Oc3cc(C)ccc3C(C)C)cc2)cc1. The van der Waals surface area contributed by atoms with E-state index in [9.17, 15) is 4.79 Å². The molecule has 0 aromatic heterocycles. The molecule has 4 heteroatoms. The molecule has 0 unspecified atom stereocenters. The summed E-state index contributed by atoms with van der Waals surface area (Å²) in [6.07, 6.45) is 0. The Labute approximate surface area is 166 Å². The van der Waals surface area contributed by atoms with Crippen LogP contribution in [-0.4, -0.2) is 13.0 Å². The second-order valence-electron chi connectivity index (χ2n) is 7.01. The van der Waals surface area contributed by atoms with Gasteiger partial charge >= 0.3 is 0 Å². The number of carbonyl (C=O) groups is 1. The minimum absolute atomic E-state index is 0.171. The lowest BCUT2D eigenvalue weighted by Gasteiger charge is -2.15. The fraction of sp³-hybridized carbons (Fsp3) is 0.208. The summed E-state index contributed by atoms with van der Waals surface area (Å²) in [5.74, 6) is 2.50. The van der Waals surface area contributed by atoms with Crippen molar-refractivity contribution in [1.82, 2.24) is 0 Å². The lowest BCUT2D eigenvalue weighted by molar-refractivity contribution is 0.102. The van der Waals surface area contributed by atoms with E-state index < -0.39 is 0 Å². The first-order chi connectivity index (χ1) is 13.5. The zero-order valence-electron chi connectivity index (χ0n) is 16.7. The standard InChI is InChI=1S/C24H25NO3/c1-16(2)22-14-5-17(3)15-23(22)28-21-10-6-18(7-11-21)24(26)25-19-8-12-20(27-4)13-9-19/h5-16H,1-4H3,(H,25,26). The smallest absolute Gasteiger partial charge is 0.255 e. The third-order valence-corrected chi connectivity index (χ3v) is 4.48. The molecule has 0 bridgehead atoms. The Balaban J connectivity index is 1.71. The molecular formula is C24H25NO3. The Morgan fingerprint density at radius 3 is 2.14 bits per heavy atom. The van der Waals surface area contributed by atoms with Crippen LogP contribution in [-0.2, 0) is 0 Å². The molecule has 3 aromatic rings. The molecule has 0 radical (unpaired) electrons. The Morgan fingerprint density at radius 2 is 1.54 bits per heavy atom. The number of amides is 1. The van der Waals surface area contributed by atoms with Gasteiger partial charge in [0.1, 0.15) is 17.2 Å². The highest BCUT2D eigenvalue weighted by Gasteiger charge is 2.11. The lowest BCUT2D eigenvalue weighted by Crippen LogP contribution is -2.11. The van der Waals surface area contributed by atoms with Gasteiger partial charge in [0.15, 0.2) is 0 Å². The second kappa shape index (κ2) is 8.61. The maximum absolute atomic E-state index is 12.4. The molecule has 0 aliphatic carbocycles. The second-order valence-corrected chi connectivity index (χ2v) is 7.01. The molecule has 0 spiro atoms. The quantitative estimate of drug-likeness (QED) is 0.560. The molecule has 28 heavy (non-hydrogen) atoms. The van der Waals surface area contributed by atoms with Gasteiger partial charge in [-0.05, 0) is 78.6 Å². The summed E-state index contributed by atoms with van der Waals surface area (Å²) in [6.45, 7) is 6.33. The highest BCUT2D eigenvalue weighted by atomic mass is 16.5. The van der Waals surface area contributed by atoms with Crippen LogP contribution in [0.4, 0.5) is 5.69 Å². The van der Waals surface area contributed by atoms with Crippen LogP contribution in [0.5, 0.6) is 17.2 Å². The molecule has 0 heterocycles. The molecule has 3 aromatic carbocycles. The number of benzene rings is 3. The van der Waals surface area contributed by atoms with Crippen LogP contribution < -0.4 is 14.8 Å². The molecule has 0 aliphatic heterocycles. The van der Waals surface area contributed by atoms with Crippen LogP contribution in [0, 0.1) is 6.92 Å². The van der Waals surface area contributed by atoms with Crippen molar-refractivity contribution in [2.24, 2.45) is 0 Å². The molecule has 0 saturated carbocycles. The van der Waals surface area contributed by atoms with Crippen molar-refractivity contribution < 1.29 is 14.3 Å². The monoisotopic (exact) mass is 375 g/mol. The Bertz CT molecular complexity index is 945. The average molecular weight is 375 g/mol. The fourth-order valence-corrected chi connectivity index (χ4v) is 2.89. The van der Waals surface area contributed by atoms with E-state index in [0.29, 0.717) is 22.9 Å². The first-order valence-corrected chi connectivity index (χ1v) is 9.30.